The minimum atomic E-state index is -0.513. The lowest BCUT2D eigenvalue weighted by Crippen LogP contribution is -2.50. The highest BCUT2D eigenvalue weighted by Gasteiger charge is 2.31. The lowest BCUT2D eigenvalue weighted by Gasteiger charge is -2.29. The molecule has 1 aromatic heterocycles. The summed E-state index contributed by atoms with van der Waals surface area (Å²) in [5.41, 5.74) is 2.09. The van der Waals surface area contributed by atoms with E-state index in [2.05, 4.69) is 10.6 Å². The summed E-state index contributed by atoms with van der Waals surface area (Å²) in [5, 5.41) is 5.55. The Morgan fingerprint density at radius 2 is 1.73 bits per heavy atom. The van der Waals surface area contributed by atoms with Crippen molar-refractivity contribution in [2.24, 2.45) is 5.92 Å². The molecular weight excluding hydrogens is 328 g/mol. The highest BCUT2D eigenvalue weighted by molar-refractivity contribution is 5.96. The van der Waals surface area contributed by atoms with E-state index < -0.39 is 6.04 Å². The molecule has 1 fully saturated rings. The molecule has 1 atom stereocenters. The van der Waals surface area contributed by atoms with Gasteiger partial charge in [0.15, 0.2) is 5.76 Å². The summed E-state index contributed by atoms with van der Waals surface area (Å²) in [6, 6.07) is 10.9. The Hall–Kier alpha value is -2.56. The minimum absolute atomic E-state index is 0.143. The molecule has 138 valence electrons. The van der Waals surface area contributed by atoms with Gasteiger partial charge in [0.1, 0.15) is 11.8 Å². The molecule has 2 amide bonds. The van der Waals surface area contributed by atoms with Gasteiger partial charge in [0.05, 0.1) is 0 Å². The number of nitrogens with one attached hydrogen (secondary N) is 2. The number of likely N-dealkylation sites (N-methyl/N-ethyl adjacent to an activating group) is 1. The predicted molar refractivity (Wildman–Crippen MR) is 101 cm³/mol. The molecule has 2 N–H and O–H groups in total. The second kappa shape index (κ2) is 8.21. The van der Waals surface area contributed by atoms with Gasteiger partial charge in [0, 0.05) is 12.6 Å². The monoisotopic (exact) mass is 354 g/mol. The zero-order valence-electron chi connectivity index (χ0n) is 15.4. The standard InChI is InChI=1S/C21H26N2O3/c1-14-8-10-15(11-9-14)17-12-13-18(26-17)20(24)23-19(21(25)22-2)16-6-4-3-5-7-16/h8-13,16,19H,3-7H2,1-2H3,(H,22,25)(H,23,24)/t19-/m0/s1. The maximum atomic E-state index is 12.6. The van der Waals surface area contributed by atoms with Crippen molar-refractivity contribution in [2.75, 3.05) is 7.05 Å². The molecule has 1 aliphatic carbocycles. The summed E-state index contributed by atoms with van der Waals surface area (Å²) in [6.07, 6.45) is 5.33. The first-order chi connectivity index (χ1) is 12.6. The maximum Gasteiger partial charge on any atom is 0.287 e. The van der Waals surface area contributed by atoms with E-state index in [1.54, 1.807) is 19.2 Å². The van der Waals surface area contributed by atoms with E-state index in [9.17, 15) is 9.59 Å². The van der Waals surface area contributed by atoms with Crippen LogP contribution in [0, 0.1) is 12.8 Å². The van der Waals surface area contributed by atoms with E-state index in [0.717, 1.165) is 31.2 Å². The van der Waals surface area contributed by atoms with Gasteiger partial charge in [-0.25, -0.2) is 0 Å². The van der Waals surface area contributed by atoms with Crippen LogP contribution in [-0.4, -0.2) is 24.9 Å². The summed E-state index contributed by atoms with van der Waals surface area (Å²) in [4.78, 5) is 24.9. The van der Waals surface area contributed by atoms with Crippen LogP contribution in [0.3, 0.4) is 0 Å². The van der Waals surface area contributed by atoms with E-state index in [1.807, 2.05) is 31.2 Å². The molecule has 0 aliphatic heterocycles. The van der Waals surface area contributed by atoms with Crippen molar-refractivity contribution >= 4 is 11.8 Å². The molecule has 1 saturated carbocycles. The van der Waals surface area contributed by atoms with Crippen LogP contribution >= 0.6 is 0 Å². The second-order valence-electron chi connectivity index (χ2n) is 6.99. The smallest absolute Gasteiger partial charge is 0.287 e. The number of furan rings is 1. The molecular formula is C21H26N2O3. The Balaban J connectivity index is 1.73. The Labute approximate surface area is 154 Å². The van der Waals surface area contributed by atoms with E-state index in [1.165, 1.54) is 12.0 Å². The van der Waals surface area contributed by atoms with E-state index in [-0.39, 0.29) is 23.5 Å². The van der Waals surface area contributed by atoms with E-state index >= 15 is 0 Å². The van der Waals surface area contributed by atoms with Crippen LogP contribution in [0.1, 0.15) is 48.2 Å². The normalized spacial score (nSPS) is 16.1. The number of rotatable bonds is 5. The van der Waals surface area contributed by atoms with Gasteiger partial charge in [-0.05, 0) is 37.8 Å². The summed E-state index contributed by atoms with van der Waals surface area (Å²) < 4.78 is 5.73. The third kappa shape index (κ3) is 4.15. The fraction of sp³-hybridized carbons (Fsp3) is 0.429. The zero-order valence-corrected chi connectivity index (χ0v) is 15.4. The highest BCUT2D eigenvalue weighted by Crippen LogP contribution is 2.27. The van der Waals surface area contributed by atoms with Crippen molar-refractivity contribution in [3.63, 3.8) is 0 Å². The molecule has 3 rings (SSSR count). The molecule has 2 aromatic rings. The lowest BCUT2D eigenvalue weighted by atomic mass is 9.83. The summed E-state index contributed by atoms with van der Waals surface area (Å²) in [5.74, 6) is 0.562. The van der Waals surface area contributed by atoms with Crippen LogP contribution in [0.4, 0.5) is 0 Å². The van der Waals surface area contributed by atoms with Crippen molar-refractivity contribution in [1.29, 1.82) is 0 Å². The first-order valence-electron chi connectivity index (χ1n) is 9.28. The van der Waals surface area contributed by atoms with Gasteiger partial charge in [-0.15, -0.1) is 0 Å². The molecule has 26 heavy (non-hydrogen) atoms. The Kier molecular flexibility index (Phi) is 5.76. The van der Waals surface area contributed by atoms with Crippen molar-refractivity contribution in [3.05, 3.63) is 47.7 Å². The van der Waals surface area contributed by atoms with E-state index in [4.69, 9.17) is 4.42 Å². The molecule has 0 radical (unpaired) electrons. The summed E-state index contributed by atoms with van der Waals surface area (Å²) in [6.45, 7) is 2.02. The van der Waals surface area contributed by atoms with Crippen molar-refractivity contribution in [2.45, 2.75) is 45.1 Å². The first kappa shape index (κ1) is 18.2. The fourth-order valence-electron chi connectivity index (χ4n) is 3.57. The van der Waals surface area contributed by atoms with Gasteiger partial charge in [0.2, 0.25) is 5.91 Å². The molecule has 0 bridgehead atoms. The SMILES string of the molecule is CNC(=O)[C@@H](NC(=O)c1ccc(-c2ccc(C)cc2)o1)C1CCCCC1. The van der Waals surface area contributed by atoms with Crippen LogP contribution in [0.15, 0.2) is 40.8 Å². The largest absolute Gasteiger partial charge is 0.451 e. The van der Waals surface area contributed by atoms with Gasteiger partial charge in [-0.2, -0.15) is 0 Å². The molecule has 1 heterocycles. The molecule has 1 aliphatic rings. The van der Waals surface area contributed by atoms with Crippen molar-refractivity contribution in [1.82, 2.24) is 10.6 Å². The Morgan fingerprint density at radius 3 is 2.38 bits per heavy atom. The predicted octanol–water partition coefficient (Wildman–Crippen LogP) is 3.68. The van der Waals surface area contributed by atoms with Crippen LogP contribution < -0.4 is 10.6 Å². The summed E-state index contributed by atoms with van der Waals surface area (Å²) >= 11 is 0. The minimum Gasteiger partial charge on any atom is -0.451 e. The molecule has 0 saturated heterocycles. The molecule has 5 nitrogen and oxygen atoms in total. The van der Waals surface area contributed by atoms with Gasteiger partial charge in [0.25, 0.3) is 5.91 Å². The second-order valence-corrected chi connectivity index (χ2v) is 6.99. The third-order valence-corrected chi connectivity index (χ3v) is 5.10. The summed E-state index contributed by atoms with van der Waals surface area (Å²) in [7, 11) is 1.60. The van der Waals surface area contributed by atoms with Gasteiger partial charge in [-0.3, -0.25) is 9.59 Å². The lowest BCUT2D eigenvalue weighted by molar-refractivity contribution is -0.124. The number of benzene rings is 1. The number of carbonyl (C=O) groups excluding carboxylic acids is 2. The first-order valence-corrected chi connectivity index (χ1v) is 9.28. The topological polar surface area (TPSA) is 71.3 Å². The van der Waals surface area contributed by atoms with Crippen molar-refractivity contribution < 1.29 is 14.0 Å². The Bertz CT molecular complexity index is 758. The van der Waals surface area contributed by atoms with Gasteiger partial charge < -0.3 is 15.1 Å². The average Bonchev–Trinajstić information content (AvgIpc) is 3.17. The number of carbonyl (C=O) groups is 2. The number of amides is 2. The zero-order chi connectivity index (χ0) is 18.5. The van der Waals surface area contributed by atoms with Crippen LogP contribution in [0.2, 0.25) is 0 Å². The number of aryl methyl sites for hydroxylation is 1. The van der Waals surface area contributed by atoms with Crippen LogP contribution in [-0.2, 0) is 4.79 Å². The van der Waals surface area contributed by atoms with Gasteiger partial charge >= 0.3 is 0 Å². The highest BCUT2D eigenvalue weighted by atomic mass is 16.3. The quantitative estimate of drug-likeness (QED) is 0.860. The molecule has 0 unspecified atom stereocenters. The average molecular weight is 354 g/mol. The van der Waals surface area contributed by atoms with Crippen molar-refractivity contribution in [3.8, 4) is 11.3 Å². The number of hydrogen-bond acceptors (Lipinski definition) is 3. The maximum absolute atomic E-state index is 12.6. The molecule has 0 spiro atoms. The van der Waals surface area contributed by atoms with Crippen LogP contribution in [0.25, 0.3) is 11.3 Å². The number of hydrogen-bond donors (Lipinski definition) is 2. The third-order valence-electron chi connectivity index (χ3n) is 5.10. The Morgan fingerprint density at radius 1 is 1.04 bits per heavy atom. The molecule has 5 heteroatoms. The van der Waals surface area contributed by atoms with Gasteiger partial charge in [-0.1, -0.05) is 49.1 Å². The van der Waals surface area contributed by atoms with Crippen LogP contribution in [0.5, 0.6) is 0 Å². The molecule has 1 aromatic carbocycles. The van der Waals surface area contributed by atoms with E-state index in [0.29, 0.717) is 5.76 Å². The fourth-order valence-corrected chi connectivity index (χ4v) is 3.57.